The molecule has 0 aliphatic carbocycles. The second kappa shape index (κ2) is 7.88. The molecule has 8 heteroatoms. The minimum absolute atomic E-state index is 0.316. The standard InChI is InChI=1S/C21H23N3O4S/c1-27-20-13-17-18(9-10-22-19(17)14-21(20)28-2)23-15-5-7-16(8-6-15)29(25,26)24-11-3-4-12-24/h5-10,13-14H,3-4,11-12H2,1-2H3,(H,22,23). The van der Waals surface area contributed by atoms with Crippen molar-refractivity contribution in [2.45, 2.75) is 17.7 Å². The Bertz CT molecular complexity index is 1120. The van der Waals surface area contributed by atoms with Crippen LogP contribution in [0.15, 0.2) is 53.6 Å². The van der Waals surface area contributed by atoms with Gasteiger partial charge in [0, 0.05) is 42.1 Å². The number of methoxy groups -OCH3 is 2. The first-order chi connectivity index (χ1) is 14.0. The van der Waals surface area contributed by atoms with Crippen LogP contribution in [-0.4, -0.2) is 45.0 Å². The number of anilines is 2. The van der Waals surface area contributed by atoms with Crippen LogP contribution in [0.2, 0.25) is 0 Å². The summed E-state index contributed by atoms with van der Waals surface area (Å²) in [4.78, 5) is 4.71. The molecule has 0 unspecified atom stereocenters. The molecule has 152 valence electrons. The molecule has 0 saturated carbocycles. The zero-order chi connectivity index (χ0) is 20.4. The molecule has 1 N–H and O–H groups in total. The third kappa shape index (κ3) is 3.73. The van der Waals surface area contributed by atoms with Crippen molar-refractivity contribution in [1.82, 2.24) is 9.29 Å². The fourth-order valence-corrected chi connectivity index (χ4v) is 5.04. The fraction of sp³-hybridized carbons (Fsp3) is 0.286. The van der Waals surface area contributed by atoms with Crippen molar-refractivity contribution in [2.75, 3.05) is 32.6 Å². The van der Waals surface area contributed by atoms with Crippen molar-refractivity contribution in [1.29, 1.82) is 0 Å². The number of hydrogen-bond donors (Lipinski definition) is 1. The highest BCUT2D eigenvalue weighted by molar-refractivity contribution is 7.89. The molecule has 0 amide bonds. The van der Waals surface area contributed by atoms with Gasteiger partial charge in [0.15, 0.2) is 11.5 Å². The summed E-state index contributed by atoms with van der Waals surface area (Å²) in [7, 11) is -0.238. The summed E-state index contributed by atoms with van der Waals surface area (Å²) >= 11 is 0. The largest absolute Gasteiger partial charge is 0.493 e. The van der Waals surface area contributed by atoms with Crippen molar-refractivity contribution < 1.29 is 17.9 Å². The van der Waals surface area contributed by atoms with Gasteiger partial charge in [0.05, 0.1) is 24.6 Å². The number of hydrogen-bond acceptors (Lipinski definition) is 6. The first-order valence-electron chi connectivity index (χ1n) is 9.41. The van der Waals surface area contributed by atoms with E-state index in [9.17, 15) is 8.42 Å². The third-order valence-electron chi connectivity index (χ3n) is 5.08. The van der Waals surface area contributed by atoms with Crippen LogP contribution in [0.5, 0.6) is 11.5 Å². The Balaban J connectivity index is 1.63. The number of pyridine rings is 1. The van der Waals surface area contributed by atoms with Crippen LogP contribution in [0, 0.1) is 0 Å². The van der Waals surface area contributed by atoms with Gasteiger partial charge < -0.3 is 14.8 Å². The summed E-state index contributed by atoms with van der Waals surface area (Å²) in [5.74, 6) is 1.23. The molecule has 3 aromatic rings. The van der Waals surface area contributed by atoms with Gasteiger partial charge >= 0.3 is 0 Å². The number of rotatable bonds is 6. The number of nitrogens with zero attached hydrogens (tertiary/aromatic N) is 2. The van der Waals surface area contributed by atoms with Gasteiger partial charge in [-0.25, -0.2) is 8.42 Å². The Morgan fingerprint density at radius 3 is 2.28 bits per heavy atom. The number of nitrogens with one attached hydrogen (secondary N) is 1. The molecule has 0 spiro atoms. The van der Waals surface area contributed by atoms with Crippen LogP contribution in [0.4, 0.5) is 11.4 Å². The lowest BCUT2D eigenvalue weighted by molar-refractivity contribution is 0.356. The molecule has 29 heavy (non-hydrogen) atoms. The van der Waals surface area contributed by atoms with E-state index >= 15 is 0 Å². The molecule has 7 nitrogen and oxygen atoms in total. The minimum atomic E-state index is -3.41. The van der Waals surface area contributed by atoms with E-state index < -0.39 is 10.0 Å². The summed E-state index contributed by atoms with van der Waals surface area (Å²) in [6.07, 6.45) is 3.55. The van der Waals surface area contributed by atoms with E-state index in [4.69, 9.17) is 9.47 Å². The second-order valence-electron chi connectivity index (χ2n) is 6.84. The predicted molar refractivity (Wildman–Crippen MR) is 113 cm³/mol. The van der Waals surface area contributed by atoms with Gasteiger partial charge in [0.25, 0.3) is 0 Å². The number of sulfonamides is 1. The Hall–Kier alpha value is -2.84. The summed E-state index contributed by atoms with van der Waals surface area (Å²) < 4.78 is 37.7. The maximum absolute atomic E-state index is 12.7. The molecule has 1 saturated heterocycles. The van der Waals surface area contributed by atoms with Crippen molar-refractivity contribution in [2.24, 2.45) is 0 Å². The second-order valence-corrected chi connectivity index (χ2v) is 8.78. The first kappa shape index (κ1) is 19.5. The Kier molecular flexibility index (Phi) is 5.29. The van der Waals surface area contributed by atoms with Crippen molar-refractivity contribution in [3.63, 3.8) is 0 Å². The molecule has 1 aliphatic heterocycles. The van der Waals surface area contributed by atoms with Crippen LogP contribution in [0.3, 0.4) is 0 Å². The molecule has 0 radical (unpaired) electrons. The maximum Gasteiger partial charge on any atom is 0.243 e. The van der Waals surface area contributed by atoms with Crippen molar-refractivity contribution in [3.8, 4) is 11.5 Å². The van der Waals surface area contributed by atoms with Gasteiger partial charge in [-0.05, 0) is 49.2 Å². The summed E-state index contributed by atoms with van der Waals surface area (Å²) in [5, 5.41) is 4.21. The Labute approximate surface area is 170 Å². The van der Waals surface area contributed by atoms with E-state index in [0.717, 1.165) is 35.1 Å². The molecule has 1 aliphatic rings. The lowest BCUT2D eigenvalue weighted by atomic mass is 10.1. The predicted octanol–water partition coefficient (Wildman–Crippen LogP) is 3.78. The van der Waals surface area contributed by atoms with E-state index in [1.54, 1.807) is 49.0 Å². The number of aromatic nitrogens is 1. The summed E-state index contributed by atoms with van der Waals surface area (Å²) in [6.45, 7) is 1.19. The third-order valence-corrected chi connectivity index (χ3v) is 7.00. The molecular formula is C21H23N3O4S. The number of fused-ring (bicyclic) bond motifs is 1. The molecule has 0 bridgehead atoms. The van der Waals surface area contributed by atoms with Gasteiger partial charge in [-0.1, -0.05) is 0 Å². The van der Waals surface area contributed by atoms with Crippen molar-refractivity contribution >= 4 is 32.3 Å². The number of benzene rings is 2. The van der Waals surface area contributed by atoms with Crippen LogP contribution in [0.25, 0.3) is 10.9 Å². The maximum atomic E-state index is 12.7. The monoisotopic (exact) mass is 413 g/mol. The van der Waals surface area contributed by atoms with Crippen LogP contribution in [-0.2, 0) is 10.0 Å². The van der Waals surface area contributed by atoms with Crippen LogP contribution < -0.4 is 14.8 Å². The molecule has 0 atom stereocenters. The Morgan fingerprint density at radius 1 is 0.966 bits per heavy atom. The zero-order valence-electron chi connectivity index (χ0n) is 16.4. The van der Waals surface area contributed by atoms with E-state index in [1.165, 1.54) is 0 Å². The highest BCUT2D eigenvalue weighted by atomic mass is 32.2. The zero-order valence-corrected chi connectivity index (χ0v) is 17.2. The Morgan fingerprint density at radius 2 is 1.62 bits per heavy atom. The molecule has 1 aromatic heterocycles. The van der Waals surface area contributed by atoms with E-state index in [-0.39, 0.29) is 0 Å². The lowest BCUT2D eigenvalue weighted by Crippen LogP contribution is -2.27. The average molecular weight is 413 g/mol. The summed E-state index contributed by atoms with van der Waals surface area (Å²) in [5.41, 5.74) is 2.39. The molecular weight excluding hydrogens is 390 g/mol. The smallest absolute Gasteiger partial charge is 0.243 e. The van der Waals surface area contributed by atoms with Crippen molar-refractivity contribution in [3.05, 3.63) is 48.7 Å². The van der Waals surface area contributed by atoms with Gasteiger partial charge in [-0.2, -0.15) is 4.31 Å². The normalized spacial score (nSPS) is 14.8. The molecule has 4 rings (SSSR count). The quantitative estimate of drug-likeness (QED) is 0.662. The van der Waals surface area contributed by atoms with E-state index in [1.807, 2.05) is 18.2 Å². The SMILES string of the molecule is COc1cc2nccc(Nc3ccc(S(=O)(=O)N4CCCC4)cc3)c2cc1OC. The fourth-order valence-electron chi connectivity index (χ4n) is 3.52. The minimum Gasteiger partial charge on any atom is -0.493 e. The highest BCUT2D eigenvalue weighted by Crippen LogP contribution is 2.35. The lowest BCUT2D eigenvalue weighted by Gasteiger charge is -2.16. The van der Waals surface area contributed by atoms with Crippen LogP contribution >= 0.6 is 0 Å². The van der Waals surface area contributed by atoms with E-state index in [2.05, 4.69) is 10.3 Å². The molecule has 2 aromatic carbocycles. The molecule has 1 fully saturated rings. The van der Waals surface area contributed by atoms with Gasteiger partial charge in [-0.3, -0.25) is 4.98 Å². The summed E-state index contributed by atoms with van der Waals surface area (Å²) in [6, 6.07) is 12.4. The number of ether oxygens (including phenoxy) is 2. The van der Waals surface area contributed by atoms with E-state index in [0.29, 0.717) is 29.5 Å². The highest BCUT2D eigenvalue weighted by Gasteiger charge is 2.26. The van der Waals surface area contributed by atoms with Gasteiger partial charge in [-0.15, -0.1) is 0 Å². The van der Waals surface area contributed by atoms with Gasteiger partial charge in [0.1, 0.15) is 0 Å². The van der Waals surface area contributed by atoms with Gasteiger partial charge in [0.2, 0.25) is 10.0 Å². The topological polar surface area (TPSA) is 80.8 Å². The average Bonchev–Trinajstić information content (AvgIpc) is 3.29. The first-order valence-corrected chi connectivity index (χ1v) is 10.8. The van der Waals surface area contributed by atoms with Crippen LogP contribution in [0.1, 0.15) is 12.8 Å². The molecule has 2 heterocycles.